The molecule has 0 saturated heterocycles. The van der Waals surface area contributed by atoms with E-state index in [1.807, 2.05) is 18.2 Å². The number of nitrogens with one attached hydrogen (secondary N) is 1. The van der Waals surface area contributed by atoms with Gasteiger partial charge in [-0.25, -0.2) is 9.78 Å². The molecule has 2 aromatic carbocycles. The second kappa shape index (κ2) is 8.65. The van der Waals surface area contributed by atoms with Gasteiger partial charge < -0.3 is 15.2 Å². The molecule has 3 atom stereocenters. The van der Waals surface area contributed by atoms with Crippen LogP contribution >= 0.6 is 22.9 Å². The molecule has 0 spiro atoms. The molecule has 5 rings (SSSR count). The van der Waals surface area contributed by atoms with Crippen molar-refractivity contribution in [3.05, 3.63) is 80.3 Å². The number of fused-ring (bicyclic) bond motifs is 1. The summed E-state index contributed by atoms with van der Waals surface area (Å²) in [4.78, 5) is 29.8. The topological polar surface area (TPSA) is 88.5 Å². The number of carbonyl (C=O) groups excluding carboxylic acids is 1. The van der Waals surface area contributed by atoms with Gasteiger partial charge >= 0.3 is 5.97 Å². The van der Waals surface area contributed by atoms with E-state index in [0.717, 1.165) is 29.0 Å². The van der Waals surface area contributed by atoms with Gasteiger partial charge in [0.2, 0.25) is 0 Å². The molecule has 1 aliphatic carbocycles. The fraction of sp³-hybridized carbons (Fsp3) is 0.292. The third-order valence-electron chi connectivity index (χ3n) is 5.90. The predicted molar refractivity (Wildman–Crippen MR) is 122 cm³/mol. The summed E-state index contributed by atoms with van der Waals surface area (Å²) in [5, 5.41) is 13.5. The number of Topliss-reactive ketones (excluding diaryl/α,β-unsaturated/α-hetero) is 1. The second-order valence-electron chi connectivity index (χ2n) is 8.06. The van der Waals surface area contributed by atoms with Gasteiger partial charge in [-0.05, 0) is 36.1 Å². The molecule has 2 aliphatic rings. The van der Waals surface area contributed by atoms with Crippen LogP contribution in [0.4, 0.5) is 0 Å². The molecule has 6 nitrogen and oxygen atoms in total. The third kappa shape index (κ3) is 4.16. The number of ketones is 1. The van der Waals surface area contributed by atoms with E-state index in [4.69, 9.17) is 26.4 Å². The molecule has 2 N–H and O–H groups in total. The monoisotopic (exact) mass is 468 g/mol. The van der Waals surface area contributed by atoms with Crippen LogP contribution in [0.15, 0.2) is 48.5 Å². The predicted octanol–water partition coefficient (Wildman–Crippen LogP) is 4.48. The maximum Gasteiger partial charge on any atom is 0.341 e. The Hall–Kier alpha value is -2.74. The fourth-order valence-corrected chi connectivity index (χ4v) is 5.67. The number of carboxylic acid groups (broad SMARTS) is 1. The van der Waals surface area contributed by atoms with Gasteiger partial charge in [0, 0.05) is 29.5 Å². The van der Waals surface area contributed by atoms with Crippen LogP contribution in [-0.4, -0.2) is 35.0 Å². The lowest BCUT2D eigenvalue weighted by atomic mass is 9.99. The summed E-state index contributed by atoms with van der Waals surface area (Å²) in [6.07, 6.45) is 1.59. The minimum absolute atomic E-state index is 0.0166. The fourth-order valence-electron chi connectivity index (χ4n) is 4.28. The molecule has 2 heterocycles. The van der Waals surface area contributed by atoms with Crippen LogP contribution in [0.2, 0.25) is 5.02 Å². The Morgan fingerprint density at radius 1 is 1.22 bits per heavy atom. The van der Waals surface area contributed by atoms with E-state index in [0.29, 0.717) is 22.3 Å². The quantitative estimate of drug-likeness (QED) is 0.497. The van der Waals surface area contributed by atoms with Crippen LogP contribution in [-0.2, 0) is 11.2 Å². The zero-order chi connectivity index (χ0) is 22.2. The summed E-state index contributed by atoms with van der Waals surface area (Å²) >= 11 is 7.65. The molecule has 1 aliphatic heterocycles. The molecule has 164 valence electrons. The first-order valence-electron chi connectivity index (χ1n) is 10.5. The summed E-state index contributed by atoms with van der Waals surface area (Å²) in [6.45, 7) is 0.249. The second-order valence-corrected chi connectivity index (χ2v) is 9.52. The Bertz CT molecular complexity index is 1180. The summed E-state index contributed by atoms with van der Waals surface area (Å²) in [6, 6.07) is 15.0. The van der Waals surface area contributed by atoms with Crippen molar-refractivity contribution in [3.63, 3.8) is 0 Å². The van der Waals surface area contributed by atoms with Gasteiger partial charge in [0.25, 0.3) is 0 Å². The van der Waals surface area contributed by atoms with Gasteiger partial charge in [0.1, 0.15) is 5.75 Å². The maximum atomic E-state index is 13.2. The SMILES string of the molecule is O=C(O)COc1ccc(Cl)cc1[C@H]1NCCc2nc(C(=O)[C@H]3C[C@@H]3c3ccccc3)sc21. The molecule has 3 aromatic rings. The normalized spacial score (nSPS) is 21.6. The molecule has 0 unspecified atom stereocenters. The number of nitrogens with zero attached hydrogens (tertiary/aromatic N) is 1. The molecule has 0 radical (unpaired) electrons. The Balaban J connectivity index is 1.42. The Labute approximate surface area is 194 Å². The highest BCUT2D eigenvalue weighted by Gasteiger charge is 2.45. The number of aromatic nitrogens is 1. The first-order chi connectivity index (χ1) is 15.5. The Kier molecular flexibility index (Phi) is 5.71. The molecular formula is C24H21ClN2O4S. The van der Waals surface area contributed by atoms with Crippen LogP contribution in [0.1, 0.15) is 49.9 Å². The first kappa shape index (κ1) is 21.1. The van der Waals surface area contributed by atoms with Gasteiger partial charge in [-0.2, -0.15) is 0 Å². The number of benzene rings is 2. The van der Waals surface area contributed by atoms with Gasteiger partial charge in [0.05, 0.1) is 16.6 Å². The van der Waals surface area contributed by atoms with Crippen molar-refractivity contribution < 1.29 is 19.4 Å². The van der Waals surface area contributed by atoms with Crippen LogP contribution in [0.5, 0.6) is 5.75 Å². The minimum Gasteiger partial charge on any atom is -0.482 e. The number of ether oxygens (including phenoxy) is 1. The van der Waals surface area contributed by atoms with E-state index < -0.39 is 12.6 Å². The molecule has 8 heteroatoms. The summed E-state index contributed by atoms with van der Waals surface area (Å²) < 4.78 is 5.51. The van der Waals surface area contributed by atoms with E-state index in [1.54, 1.807) is 18.2 Å². The number of thiazole rings is 1. The Morgan fingerprint density at radius 2 is 2.03 bits per heavy atom. The van der Waals surface area contributed by atoms with E-state index in [9.17, 15) is 9.59 Å². The Morgan fingerprint density at radius 3 is 2.81 bits per heavy atom. The largest absolute Gasteiger partial charge is 0.482 e. The van der Waals surface area contributed by atoms with Crippen LogP contribution < -0.4 is 10.1 Å². The van der Waals surface area contributed by atoms with E-state index in [1.165, 1.54) is 16.9 Å². The number of carboxylic acids is 1. The molecule has 1 saturated carbocycles. The van der Waals surface area contributed by atoms with Gasteiger partial charge in [-0.3, -0.25) is 4.79 Å². The van der Waals surface area contributed by atoms with Crippen molar-refractivity contribution in [2.24, 2.45) is 5.92 Å². The number of hydrogen-bond donors (Lipinski definition) is 2. The number of hydrogen-bond acceptors (Lipinski definition) is 6. The van der Waals surface area contributed by atoms with Crippen molar-refractivity contribution in [2.75, 3.05) is 13.2 Å². The summed E-state index contributed by atoms with van der Waals surface area (Å²) in [5.41, 5.74) is 2.85. The van der Waals surface area contributed by atoms with Gasteiger partial charge in [-0.1, -0.05) is 41.9 Å². The molecular weight excluding hydrogens is 448 g/mol. The smallest absolute Gasteiger partial charge is 0.341 e. The standard InChI is InChI=1S/C24H21ClN2O4S/c25-14-6-7-19(31-12-20(28)29)17(10-14)21-23-18(8-9-26-21)27-24(32-23)22(30)16-11-15(16)13-4-2-1-3-5-13/h1-7,10,15-16,21,26H,8-9,11-12H2,(H,28,29)/t15-,16+,21-/m1/s1. The highest BCUT2D eigenvalue weighted by molar-refractivity contribution is 7.14. The van der Waals surface area contributed by atoms with Gasteiger partial charge in [0.15, 0.2) is 17.4 Å². The van der Waals surface area contributed by atoms with Gasteiger partial charge in [-0.15, -0.1) is 11.3 Å². The molecule has 1 fully saturated rings. The number of carbonyl (C=O) groups is 2. The zero-order valence-corrected chi connectivity index (χ0v) is 18.7. The minimum atomic E-state index is -1.05. The first-order valence-corrected chi connectivity index (χ1v) is 11.7. The number of rotatable bonds is 7. The van der Waals surface area contributed by atoms with E-state index >= 15 is 0 Å². The molecule has 1 aromatic heterocycles. The number of halogens is 1. The summed E-state index contributed by atoms with van der Waals surface area (Å²) in [5.74, 6) is -0.244. The van der Waals surface area contributed by atoms with Crippen molar-refractivity contribution in [3.8, 4) is 5.75 Å². The highest BCUT2D eigenvalue weighted by atomic mass is 35.5. The third-order valence-corrected chi connectivity index (χ3v) is 7.31. The number of aliphatic carboxylic acids is 1. The lowest BCUT2D eigenvalue weighted by Gasteiger charge is -2.25. The van der Waals surface area contributed by atoms with Crippen LogP contribution in [0.25, 0.3) is 0 Å². The lowest BCUT2D eigenvalue weighted by molar-refractivity contribution is -0.139. The molecule has 0 amide bonds. The van der Waals surface area contributed by atoms with E-state index in [-0.39, 0.29) is 23.7 Å². The zero-order valence-electron chi connectivity index (χ0n) is 17.1. The van der Waals surface area contributed by atoms with Crippen molar-refractivity contribution in [1.82, 2.24) is 10.3 Å². The van der Waals surface area contributed by atoms with Crippen LogP contribution in [0, 0.1) is 5.92 Å². The average Bonchev–Trinajstić information content (AvgIpc) is 3.48. The summed E-state index contributed by atoms with van der Waals surface area (Å²) in [7, 11) is 0. The average molecular weight is 469 g/mol. The maximum absolute atomic E-state index is 13.2. The van der Waals surface area contributed by atoms with Crippen LogP contribution in [0.3, 0.4) is 0 Å². The molecule has 0 bridgehead atoms. The molecule has 32 heavy (non-hydrogen) atoms. The van der Waals surface area contributed by atoms with E-state index in [2.05, 4.69) is 17.4 Å². The van der Waals surface area contributed by atoms with Crippen molar-refractivity contribution in [1.29, 1.82) is 0 Å². The lowest BCUT2D eigenvalue weighted by Crippen LogP contribution is -2.30. The van der Waals surface area contributed by atoms with Crippen molar-refractivity contribution in [2.45, 2.75) is 24.8 Å². The van der Waals surface area contributed by atoms with Crippen molar-refractivity contribution >= 4 is 34.7 Å². The highest BCUT2D eigenvalue weighted by Crippen LogP contribution is 2.50.